The Bertz CT molecular complexity index is 511. The van der Waals surface area contributed by atoms with Gasteiger partial charge in [0.2, 0.25) is 10.0 Å². The van der Waals surface area contributed by atoms with Crippen molar-refractivity contribution in [2.24, 2.45) is 0 Å². The summed E-state index contributed by atoms with van der Waals surface area (Å²) in [7, 11) is -3.46. The summed E-state index contributed by atoms with van der Waals surface area (Å²) in [6.07, 6.45) is 5.50. The molecule has 1 aromatic carbocycles. The summed E-state index contributed by atoms with van der Waals surface area (Å²) in [5.74, 6) is 0. The molecule has 0 spiro atoms. The maximum atomic E-state index is 12.3. The molecule has 0 heterocycles. The molecular formula is C17H29NO3S. The summed E-state index contributed by atoms with van der Waals surface area (Å²) in [5.41, 5.74) is 1.04. The first kappa shape index (κ1) is 19.1. The van der Waals surface area contributed by atoms with E-state index in [9.17, 15) is 8.42 Å². The minimum Gasteiger partial charge on any atom is -0.377 e. The van der Waals surface area contributed by atoms with Gasteiger partial charge in [0.15, 0.2) is 0 Å². The van der Waals surface area contributed by atoms with Crippen molar-refractivity contribution in [2.75, 3.05) is 13.2 Å². The quantitative estimate of drug-likeness (QED) is 0.631. The molecule has 0 aliphatic rings. The molecule has 1 aromatic rings. The molecule has 0 saturated heterocycles. The molecule has 0 bridgehead atoms. The Balaban J connectivity index is 2.53. The van der Waals surface area contributed by atoms with E-state index in [1.807, 2.05) is 13.8 Å². The predicted octanol–water partition coefficient (Wildman–Crippen LogP) is 3.65. The lowest BCUT2D eigenvalue weighted by atomic mass is 10.1. The van der Waals surface area contributed by atoms with Crippen molar-refractivity contribution in [1.29, 1.82) is 0 Å². The number of ether oxygens (including phenoxy) is 1. The minimum atomic E-state index is -3.46. The van der Waals surface area contributed by atoms with Crippen LogP contribution in [0.3, 0.4) is 0 Å². The first-order chi connectivity index (χ1) is 10.5. The highest BCUT2D eigenvalue weighted by Crippen LogP contribution is 2.12. The van der Waals surface area contributed by atoms with E-state index in [2.05, 4.69) is 11.6 Å². The standard InChI is InChI=1S/C17H29NO3S/c1-4-6-7-8-9-16(21-5-2)14-18-22(19,20)17-12-10-15(3)11-13-17/h10-13,16,18H,4-9,14H2,1-3H3. The van der Waals surface area contributed by atoms with Gasteiger partial charge in [0.25, 0.3) is 0 Å². The molecule has 4 nitrogen and oxygen atoms in total. The Kier molecular flexibility index (Phi) is 8.68. The van der Waals surface area contributed by atoms with Crippen LogP contribution in [0.4, 0.5) is 0 Å². The second-order valence-corrected chi connectivity index (χ2v) is 7.36. The van der Waals surface area contributed by atoms with Crippen LogP contribution in [0.1, 0.15) is 51.5 Å². The van der Waals surface area contributed by atoms with Crippen molar-refractivity contribution < 1.29 is 13.2 Å². The van der Waals surface area contributed by atoms with E-state index < -0.39 is 10.0 Å². The Hall–Kier alpha value is -0.910. The number of hydrogen-bond donors (Lipinski definition) is 1. The van der Waals surface area contributed by atoms with E-state index in [4.69, 9.17) is 4.74 Å². The van der Waals surface area contributed by atoms with Crippen LogP contribution in [-0.4, -0.2) is 27.7 Å². The third-order valence-corrected chi connectivity index (χ3v) is 5.05. The molecule has 1 unspecified atom stereocenters. The van der Waals surface area contributed by atoms with Crippen LogP contribution in [0, 0.1) is 6.92 Å². The van der Waals surface area contributed by atoms with Gasteiger partial charge < -0.3 is 4.74 Å². The molecule has 0 aliphatic carbocycles. The summed E-state index contributed by atoms with van der Waals surface area (Å²) in [6.45, 7) is 6.98. The zero-order valence-corrected chi connectivity index (χ0v) is 14.8. The number of benzene rings is 1. The summed E-state index contributed by atoms with van der Waals surface area (Å²) >= 11 is 0. The normalized spacial score (nSPS) is 13.2. The maximum absolute atomic E-state index is 12.3. The Labute approximate surface area is 135 Å². The molecular weight excluding hydrogens is 298 g/mol. The van der Waals surface area contributed by atoms with Gasteiger partial charge in [-0.15, -0.1) is 0 Å². The highest BCUT2D eigenvalue weighted by molar-refractivity contribution is 7.89. The molecule has 0 amide bonds. The monoisotopic (exact) mass is 327 g/mol. The van der Waals surface area contributed by atoms with E-state index in [1.54, 1.807) is 24.3 Å². The molecule has 22 heavy (non-hydrogen) atoms. The van der Waals surface area contributed by atoms with Crippen molar-refractivity contribution in [3.8, 4) is 0 Å². The van der Waals surface area contributed by atoms with Gasteiger partial charge >= 0.3 is 0 Å². The number of nitrogens with one attached hydrogen (secondary N) is 1. The zero-order valence-electron chi connectivity index (χ0n) is 14.0. The van der Waals surface area contributed by atoms with Crippen LogP contribution in [0.25, 0.3) is 0 Å². The highest BCUT2D eigenvalue weighted by atomic mass is 32.2. The molecule has 1 rings (SSSR count). The molecule has 0 radical (unpaired) electrons. The second-order valence-electron chi connectivity index (χ2n) is 5.59. The maximum Gasteiger partial charge on any atom is 0.240 e. The van der Waals surface area contributed by atoms with Crippen molar-refractivity contribution in [3.63, 3.8) is 0 Å². The summed E-state index contributed by atoms with van der Waals surface area (Å²) in [4.78, 5) is 0.305. The van der Waals surface area contributed by atoms with Gasteiger partial charge in [0.05, 0.1) is 11.0 Å². The van der Waals surface area contributed by atoms with Gasteiger partial charge in [-0.05, 0) is 32.4 Å². The Morgan fingerprint density at radius 2 is 1.77 bits per heavy atom. The lowest BCUT2D eigenvalue weighted by Crippen LogP contribution is -2.33. The lowest BCUT2D eigenvalue weighted by Gasteiger charge is -2.18. The van der Waals surface area contributed by atoms with E-state index in [0.717, 1.165) is 18.4 Å². The summed E-state index contributed by atoms with van der Waals surface area (Å²) in [5, 5.41) is 0. The first-order valence-electron chi connectivity index (χ1n) is 8.17. The van der Waals surface area contributed by atoms with Crippen molar-refractivity contribution in [1.82, 2.24) is 4.72 Å². The zero-order chi connectivity index (χ0) is 16.4. The van der Waals surface area contributed by atoms with Crippen LogP contribution in [0.2, 0.25) is 0 Å². The number of sulfonamides is 1. The molecule has 0 saturated carbocycles. The molecule has 5 heteroatoms. The topological polar surface area (TPSA) is 55.4 Å². The van der Waals surface area contributed by atoms with Crippen LogP contribution >= 0.6 is 0 Å². The fourth-order valence-corrected chi connectivity index (χ4v) is 3.35. The SMILES string of the molecule is CCCCCCC(CNS(=O)(=O)c1ccc(C)cc1)OCC. The molecule has 1 atom stereocenters. The van der Waals surface area contributed by atoms with Crippen molar-refractivity contribution >= 4 is 10.0 Å². The van der Waals surface area contributed by atoms with E-state index in [-0.39, 0.29) is 6.10 Å². The van der Waals surface area contributed by atoms with Gasteiger partial charge in [-0.3, -0.25) is 0 Å². The molecule has 0 aromatic heterocycles. The summed E-state index contributed by atoms with van der Waals surface area (Å²) < 4.78 is 32.8. The molecule has 126 valence electrons. The van der Waals surface area contributed by atoms with Gasteiger partial charge in [0, 0.05) is 13.2 Å². The van der Waals surface area contributed by atoms with E-state index in [1.165, 1.54) is 19.3 Å². The Morgan fingerprint density at radius 3 is 2.36 bits per heavy atom. The molecule has 1 N–H and O–H groups in total. The van der Waals surface area contributed by atoms with E-state index in [0.29, 0.717) is 18.0 Å². The van der Waals surface area contributed by atoms with Gasteiger partial charge in [0.1, 0.15) is 0 Å². The fourth-order valence-electron chi connectivity index (χ4n) is 2.28. The van der Waals surface area contributed by atoms with Gasteiger partial charge in [-0.2, -0.15) is 0 Å². The van der Waals surface area contributed by atoms with Gasteiger partial charge in [-0.1, -0.05) is 50.3 Å². The third kappa shape index (κ3) is 6.90. The fraction of sp³-hybridized carbons (Fsp3) is 0.647. The first-order valence-corrected chi connectivity index (χ1v) is 9.65. The van der Waals surface area contributed by atoms with Crippen LogP contribution < -0.4 is 4.72 Å². The second kappa shape index (κ2) is 9.98. The third-order valence-electron chi connectivity index (χ3n) is 3.61. The average molecular weight is 327 g/mol. The van der Waals surface area contributed by atoms with Gasteiger partial charge in [-0.25, -0.2) is 13.1 Å². The van der Waals surface area contributed by atoms with Crippen molar-refractivity contribution in [3.05, 3.63) is 29.8 Å². The minimum absolute atomic E-state index is 0.0536. The average Bonchev–Trinajstić information content (AvgIpc) is 2.49. The Morgan fingerprint density at radius 1 is 1.09 bits per heavy atom. The highest BCUT2D eigenvalue weighted by Gasteiger charge is 2.16. The summed E-state index contributed by atoms with van der Waals surface area (Å²) in [6, 6.07) is 6.88. The lowest BCUT2D eigenvalue weighted by molar-refractivity contribution is 0.0585. The van der Waals surface area contributed by atoms with Crippen LogP contribution in [0.15, 0.2) is 29.2 Å². The molecule has 0 aliphatic heterocycles. The number of hydrogen-bond acceptors (Lipinski definition) is 3. The largest absolute Gasteiger partial charge is 0.377 e. The number of rotatable bonds is 11. The molecule has 0 fully saturated rings. The smallest absolute Gasteiger partial charge is 0.240 e. The number of unbranched alkanes of at least 4 members (excludes halogenated alkanes) is 3. The van der Waals surface area contributed by atoms with E-state index >= 15 is 0 Å². The van der Waals surface area contributed by atoms with Crippen LogP contribution in [0.5, 0.6) is 0 Å². The van der Waals surface area contributed by atoms with Crippen LogP contribution in [-0.2, 0) is 14.8 Å². The van der Waals surface area contributed by atoms with Crippen molar-refractivity contribution in [2.45, 2.75) is 63.9 Å². The number of aryl methyl sites for hydroxylation is 1. The predicted molar refractivity (Wildman–Crippen MR) is 90.5 cm³/mol.